The zero-order chi connectivity index (χ0) is 22.8. The van der Waals surface area contributed by atoms with Crippen LogP contribution in [0.1, 0.15) is 31.7 Å². The Labute approximate surface area is 196 Å². The van der Waals surface area contributed by atoms with Gasteiger partial charge in [0.15, 0.2) is 5.16 Å². The van der Waals surface area contributed by atoms with Crippen molar-refractivity contribution in [2.24, 2.45) is 0 Å². The lowest BCUT2D eigenvalue weighted by atomic mass is 10.2. The van der Waals surface area contributed by atoms with Crippen molar-refractivity contribution in [3.63, 3.8) is 0 Å². The Morgan fingerprint density at radius 2 is 1.70 bits per heavy atom. The molecule has 1 saturated carbocycles. The molecule has 0 atom stereocenters. The number of aromatic nitrogens is 2. The van der Waals surface area contributed by atoms with Gasteiger partial charge in [0, 0.05) is 37.9 Å². The summed E-state index contributed by atoms with van der Waals surface area (Å²) in [5.74, 6) is 0.0655. The van der Waals surface area contributed by atoms with Crippen LogP contribution in [-0.4, -0.2) is 52.3 Å². The van der Waals surface area contributed by atoms with Gasteiger partial charge in [-0.25, -0.2) is 9.37 Å². The highest BCUT2D eigenvalue weighted by Gasteiger charge is 2.25. The number of thioether (sulfide) groups is 1. The van der Waals surface area contributed by atoms with E-state index in [0.717, 1.165) is 31.4 Å². The summed E-state index contributed by atoms with van der Waals surface area (Å²) in [6.45, 7) is 2.67. The molecule has 3 aromatic rings. The third kappa shape index (κ3) is 4.62. The molecule has 1 amide bonds. The maximum absolute atomic E-state index is 13.3. The summed E-state index contributed by atoms with van der Waals surface area (Å²) in [6, 6.07) is 14.1. The van der Waals surface area contributed by atoms with Gasteiger partial charge in [-0.1, -0.05) is 36.7 Å². The normalized spacial score (nSPS) is 17.1. The molecule has 0 unspecified atom stereocenters. The van der Waals surface area contributed by atoms with Crippen LogP contribution in [0, 0.1) is 5.82 Å². The highest BCUT2D eigenvalue weighted by atomic mass is 32.2. The Morgan fingerprint density at radius 1 is 1.00 bits per heavy atom. The van der Waals surface area contributed by atoms with E-state index in [4.69, 9.17) is 4.98 Å². The minimum atomic E-state index is -0.247. The number of fused-ring (bicyclic) bond motifs is 1. The summed E-state index contributed by atoms with van der Waals surface area (Å²) in [6.07, 6.45) is 4.19. The van der Waals surface area contributed by atoms with Gasteiger partial charge in [0.1, 0.15) is 5.82 Å². The van der Waals surface area contributed by atoms with Crippen LogP contribution < -0.4 is 10.5 Å². The topological polar surface area (TPSA) is 58.4 Å². The third-order valence-corrected chi connectivity index (χ3v) is 7.55. The molecule has 0 bridgehead atoms. The van der Waals surface area contributed by atoms with Crippen molar-refractivity contribution in [1.82, 2.24) is 14.5 Å². The van der Waals surface area contributed by atoms with Crippen LogP contribution in [0.25, 0.3) is 10.9 Å². The average molecular weight is 467 g/mol. The first-order valence-electron chi connectivity index (χ1n) is 11.5. The lowest BCUT2D eigenvalue weighted by Crippen LogP contribution is -2.49. The lowest BCUT2D eigenvalue weighted by Gasteiger charge is -2.36. The van der Waals surface area contributed by atoms with Gasteiger partial charge in [-0.3, -0.25) is 14.2 Å². The van der Waals surface area contributed by atoms with Gasteiger partial charge in [0.25, 0.3) is 5.56 Å². The molecule has 172 valence electrons. The average Bonchev–Trinajstić information content (AvgIpc) is 3.38. The van der Waals surface area contributed by atoms with E-state index in [-0.39, 0.29) is 29.1 Å². The van der Waals surface area contributed by atoms with Gasteiger partial charge < -0.3 is 9.80 Å². The summed E-state index contributed by atoms with van der Waals surface area (Å²) < 4.78 is 15.0. The molecule has 1 saturated heterocycles. The third-order valence-electron chi connectivity index (χ3n) is 6.61. The summed E-state index contributed by atoms with van der Waals surface area (Å²) >= 11 is 1.37. The monoisotopic (exact) mass is 466 g/mol. The van der Waals surface area contributed by atoms with Gasteiger partial charge in [-0.15, -0.1) is 0 Å². The minimum Gasteiger partial charge on any atom is -0.368 e. The maximum atomic E-state index is 13.3. The number of carbonyl (C=O) groups excluding carboxylic acids is 1. The fourth-order valence-electron chi connectivity index (χ4n) is 4.80. The van der Waals surface area contributed by atoms with Crippen molar-refractivity contribution in [3.05, 3.63) is 64.7 Å². The number of hydrogen-bond donors (Lipinski definition) is 0. The first-order valence-corrected chi connectivity index (χ1v) is 12.5. The molecule has 0 spiro atoms. The van der Waals surface area contributed by atoms with Crippen molar-refractivity contribution >= 4 is 34.3 Å². The standard InChI is InChI=1S/C25H27FN4O2S/c26-18-9-11-19(12-10-18)28-13-15-29(16-14-28)23(31)17-33-25-27-22-8-4-3-7-21(22)24(32)30(25)20-5-1-2-6-20/h3-4,7-12,20H,1-2,5-6,13-17H2. The molecule has 1 aromatic heterocycles. The number of nitrogens with zero attached hydrogens (tertiary/aromatic N) is 4. The quantitative estimate of drug-likeness (QED) is 0.419. The van der Waals surface area contributed by atoms with Gasteiger partial charge >= 0.3 is 0 Å². The molecule has 2 fully saturated rings. The predicted molar refractivity (Wildman–Crippen MR) is 129 cm³/mol. The molecule has 5 rings (SSSR count). The molecule has 6 nitrogen and oxygen atoms in total. The SMILES string of the molecule is O=C(CSc1nc2ccccc2c(=O)n1C1CCCC1)N1CCN(c2ccc(F)cc2)CC1. The van der Waals surface area contributed by atoms with Crippen LogP contribution in [0.3, 0.4) is 0 Å². The van der Waals surface area contributed by atoms with Gasteiger partial charge in [0.05, 0.1) is 16.7 Å². The number of para-hydroxylation sites is 1. The summed E-state index contributed by atoms with van der Waals surface area (Å²) in [4.78, 5) is 35.0. The van der Waals surface area contributed by atoms with Crippen LogP contribution in [0.15, 0.2) is 58.5 Å². The van der Waals surface area contributed by atoms with Crippen molar-refractivity contribution in [3.8, 4) is 0 Å². The summed E-state index contributed by atoms with van der Waals surface area (Å²) in [7, 11) is 0. The lowest BCUT2D eigenvalue weighted by molar-refractivity contribution is -0.128. The number of benzene rings is 2. The Kier molecular flexibility index (Phi) is 6.35. The number of carbonyl (C=O) groups is 1. The van der Waals surface area contributed by atoms with Crippen LogP contribution >= 0.6 is 11.8 Å². The van der Waals surface area contributed by atoms with Gasteiger partial charge in [-0.2, -0.15) is 0 Å². The number of piperazine rings is 1. The molecule has 2 heterocycles. The minimum absolute atomic E-state index is 0.00430. The van der Waals surface area contributed by atoms with E-state index in [1.807, 2.05) is 33.7 Å². The Morgan fingerprint density at radius 3 is 2.42 bits per heavy atom. The summed E-state index contributed by atoms with van der Waals surface area (Å²) in [5, 5.41) is 1.28. The highest BCUT2D eigenvalue weighted by Crippen LogP contribution is 2.32. The first kappa shape index (κ1) is 21.9. The molecule has 1 aliphatic carbocycles. The highest BCUT2D eigenvalue weighted by molar-refractivity contribution is 7.99. The van der Waals surface area contributed by atoms with Crippen molar-refractivity contribution in [1.29, 1.82) is 0 Å². The smallest absolute Gasteiger partial charge is 0.262 e. The van der Waals surface area contributed by atoms with Crippen molar-refractivity contribution in [2.45, 2.75) is 36.9 Å². The Balaban J connectivity index is 1.28. The van der Waals surface area contributed by atoms with Crippen LogP contribution in [0.4, 0.5) is 10.1 Å². The molecule has 2 aliphatic rings. The van der Waals surface area contributed by atoms with E-state index in [1.54, 1.807) is 12.1 Å². The fourth-order valence-corrected chi connectivity index (χ4v) is 5.76. The second-order valence-electron chi connectivity index (χ2n) is 8.66. The Bertz CT molecular complexity index is 1200. The number of halogens is 1. The molecular formula is C25H27FN4O2S. The number of hydrogen-bond acceptors (Lipinski definition) is 5. The first-order chi connectivity index (χ1) is 16.1. The van der Waals surface area contributed by atoms with Gasteiger partial charge in [0.2, 0.25) is 5.91 Å². The van der Waals surface area contributed by atoms with E-state index in [9.17, 15) is 14.0 Å². The van der Waals surface area contributed by atoms with E-state index >= 15 is 0 Å². The van der Waals surface area contributed by atoms with Gasteiger partial charge in [-0.05, 0) is 49.2 Å². The predicted octanol–water partition coefficient (Wildman–Crippen LogP) is 4.09. The molecule has 2 aromatic carbocycles. The van der Waals surface area contributed by atoms with E-state index in [0.29, 0.717) is 42.2 Å². The number of rotatable bonds is 5. The summed E-state index contributed by atoms with van der Waals surface area (Å²) in [5.41, 5.74) is 1.65. The van der Waals surface area contributed by atoms with E-state index in [1.165, 1.54) is 23.9 Å². The van der Waals surface area contributed by atoms with E-state index < -0.39 is 0 Å². The largest absolute Gasteiger partial charge is 0.368 e. The number of amides is 1. The molecule has 0 radical (unpaired) electrons. The number of anilines is 1. The molecule has 8 heteroatoms. The molecule has 0 N–H and O–H groups in total. The Hall–Kier alpha value is -2.87. The maximum Gasteiger partial charge on any atom is 0.262 e. The molecule has 33 heavy (non-hydrogen) atoms. The fraction of sp³-hybridized carbons (Fsp3) is 0.400. The van der Waals surface area contributed by atoms with E-state index in [2.05, 4.69) is 4.90 Å². The molecule has 1 aliphatic heterocycles. The van der Waals surface area contributed by atoms with Crippen molar-refractivity contribution in [2.75, 3.05) is 36.8 Å². The zero-order valence-electron chi connectivity index (χ0n) is 18.5. The second-order valence-corrected chi connectivity index (χ2v) is 9.60. The van der Waals surface area contributed by atoms with Crippen molar-refractivity contribution < 1.29 is 9.18 Å². The zero-order valence-corrected chi connectivity index (χ0v) is 19.3. The molecular weight excluding hydrogens is 439 g/mol. The second kappa shape index (κ2) is 9.55. The van der Waals surface area contributed by atoms with Crippen LogP contribution in [0.2, 0.25) is 0 Å². The van der Waals surface area contributed by atoms with Crippen LogP contribution in [0.5, 0.6) is 0 Å². The van der Waals surface area contributed by atoms with Crippen LogP contribution in [-0.2, 0) is 4.79 Å².